The minimum atomic E-state index is -3.90. The van der Waals surface area contributed by atoms with Crippen LogP contribution in [0.3, 0.4) is 0 Å². The lowest BCUT2D eigenvalue weighted by Crippen LogP contribution is -2.50. The highest BCUT2D eigenvalue weighted by Crippen LogP contribution is 2.36. The summed E-state index contributed by atoms with van der Waals surface area (Å²) in [6.45, 7) is 3.70. The molecule has 11 heteroatoms. The summed E-state index contributed by atoms with van der Waals surface area (Å²) in [6.07, 6.45) is -0.500. The first-order valence-corrected chi connectivity index (χ1v) is 13.1. The van der Waals surface area contributed by atoms with Gasteiger partial charge >= 0.3 is 0 Å². The first-order chi connectivity index (χ1) is 16.1. The van der Waals surface area contributed by atoms with E-state index in [4.69, 9.17) is 14.2 Å². The van der Waals surface area contributed by atoms with Crippen LogP contribution in [-0.2, 0) is 10.0 Å². The Morgan fingerprint density at radius 2 is 1.94 bits per heavy atom. The molecule has 0 bridgehead atoms. The molecular weight excluding hydrogens is 528 g/mol. The van der Waals surface area contributed by atoms with E-state index < -0.39 is 22.2 Å². The van der Waals surface area contributed by atoms with Gasteiger partial charge in [-0.05, 0) is 43.3 Å². The number of carbonyl (C=O) groups excluding carboxylic acids is 1. The zero-order chi connectivity index (χ0) is 24.6. The monoisotopic (exact) mass is 554 g/mol. The number of sulfonamides is 1. The number of fused-ring (bicyclic) bond motifs is 2. The molecule has 0 radical (unpaired) electrons. The van der Waals surface area contributed by atoms with Gasteiger partial charge in [0.05, 0.1) is 13.2 Å². The van der Waals surface area contributed by atoms with E-state index in [0.29, 0.717) is 21.5 Å². The highest BCUT2D eigenvalue weighted by molar-refractivity contribution is 9.10. The van der Waals surface area contributed by atoms with E-state index >= 15 is 0 Å². The van der Waals surface area contributed by atoms with Crippen LogP contribution in [0, 0.1) is 5.92 Å². The number of aliphatic hydroxyl groups is 1. The molecule has 2 aliphatic heterocycles. The van der Waals surface area contributed by atoms with Gasteiger partial charge in [0.15, 0.2) is 11.5 Å². The predicted molar refractivity (Wildman–Crippen MR) is 128 cm³/mol. The fraction of sp³-hybridized carbons (Fsp3) is 0.435. The van der Waals surface area contributed by atoms with E-state index in [-0.39, 0.29) is 49.0 Å². The Hall–Kier alpha value is -2.34. The van der Waals surface area contributed by atoms with Crippen molar-refractivity contribution in [2.24, 2.45) is 5.92 Å². The Bertz CT molecular complexity index is 1190. The van der Waals surface area contributed by atoms with Crippen molar-refractivity contribution in [3.05, 3.63) is 46.4 Å². The van der Waals surface area contributed by atoms with Crippen molar-refractivity contribution in [1.82, 2.24) is 9.21 Å². The van der Waals surface area contributed by atoms with E-state index in [1.807, 2.05) is 6.92 Å². The number of amides is 1. The number of halogens is 1. The molecule has 0 saturated carbocycles. The van der Waals surface area contributed by atoms with Gasteiger partial charge < -0.3 is 24.2 Å². The summed E-state index contributed by atoms with van der Waals surface area (Å²) in [6, 6.07) is 9.14. The molecule has 3 atom stereocenters. The molecule has 0 aliphatic carbocycles. The molecule has 1 N–H and O–H groups in total. The Labute approximate surface area is 207 Å². The van der Waals surface area contributed by atoms with Crippen molar-refractivity contribution in [3.63, 3.8) is 0 Å². The van der Waals surface area contributed by atoms with Crippen LogP contribution in [0.5, 0.6) is 17.2 Å². The van der Waals surface area contributed by atoms with Gasteiger partial charge in [-0.25, -0.2) is 8.42 Å². The molecule has 0 spiro atoms. The Kier molecular flexibility index (Phi) is 7.09. The summed E-state index contributed by atoms with van der Waals surface area (Å²) in [5, 5.41) is 9.72. The van der Waals surface area contributed by atoms with Crippen molar-refractivity contribution in [3.8, 4) is 17.2 Å². The molecule has 4 rings (SSSR count). The van der Waals surface area contributed by atoms with Crippen LogP contribution in [0.15, 0.2) is 45.8 Å². The molecule has 34 heavy (non-hydrogen) atoms. The number of ether oxygens (including phenoxy) is 3. The maximum absolute atomic E-state index is 13.4. The average molecular weight is 555 g/mol. The van der Waals surface area contributed by atoms with E-state index in [9.17, 15) is 18.3 Å². The Balaban J connectivity index is 1.63. The Morgan fingerprint density at radius 1 is 1.21 bits per heavy atom. The summed E-state index contributed by atoms with van der Waals surface area (Å²) in [5.74, 6) is 0.817. The highest BCUT2D eigenvalue weighted by Gasteiger charge is 2.38. The van der Waals surface area contributed by atoms with Crippen LogP contribution in [0.25, 0.3) is 0 Å². The van der Waals surface area contributed by atoms with Crippen LogP contribution in [0.1, 0.15) is 24.2 Å². The number of benzene rings is 2. The van der Waals surface area contributed by atoms with Gasteiger partial charge in [0, 0.05) is 35.6 Å². The summed E-state index contributed by atoms with van der Waals surface area (Å²) >= 11 is 3.38. The summed E-state index contributed by atoms with van der Waals surface area (Å²) in [5.41, 5.74) is 0.450. The standard InChI is InChI=1S/C23H27BrN2O7S/c1-14-10-26(15(2)12-27)34(29,30)22-7-5-17(24)9-20(22)33-21(14)11-25(3)23(28)16-4-6-18-19(8-16)32-13-31-18/h4-9,14-15,21,27H,10-13H2,1-3H3/t14-,15-,21+/m1/s1. The van der Waals surface area contributed by atoms with Crippen molar-refractivity contribution in [1.29, 1.82) is 0 Å². The third-order valence-electron chi connectivity index (χ3n) is 6.05. The lowest BCUT2D eigenvalue weighted by atomic mass is 10.0. The van der Waals surface area contributed by atoms with Crippen molar-refractivity contribution in [2.45, 2.75) is 30.9 Å². The van der Waals surface area contributed by atoms with Gasteiger partial charge in [0.25, 0.3) is 5.91 Å². The summed E-state index contributed by atoms with van der Waals surface area (Å²) in [7, 11) is -2.22. The van der Waals surface area contributed by atoms with Crippen LogP contribution in [-0.4, -0.2) is 74.3 Å². The third-order valence-corrected chi connectivity index (χ3v) is 8.56. The van der Waals surface area contributed by atoms with Crippen molar-refractivity contribution in [2.75, 3.05) is 33.5 Å². The molecule has 0 aromatic heterocycles. The van der Waals surface area contributed by atoms with Gasteiger partial charge in [0.1, 0.15) is 16.7 Å². The lowest BCUT2D eigenvalue weighted by Gasteiger charge is -2.37. The second-order valence-electron chi connectivity index (χ2n) is 8.58. The van der Waals surface area contributed by atoms with Crippen LogP contribution < -0.4 is 14.2 Å². The summed E-state index contributed by atoms with van der Waals surface area (Å²) in [4.78, 5) is 14.7. The first-order valence-electron chi connectivity index (χ1n) is 10.9. The highest BCUT2D eigenvalue weighted by atomic mass is 79.9. The molecular formula is C23H27BrN2O7S. The largest absolute Gasteiger partial charge is 0.487 e. The van der Waals surface area contributed by atoms with Crippen molar-refractivity contribution >= 4 is 31.9 Å². The van der Waals surface area contributed by atoms with Crippen molar-refractivity contribution < 1.29 is 32.5 Å². The minimum absolute atomic E-state index is 0.0256. The molecule has 184 valence electrons. The zero-order valence-electron chi connectivity index (χ0n) is 19.1. The molecule has 2 heterocycles. The zero-order valence-corrected chi connectivity index (χ0v) is 21.5. The number of hydrogen-bond acceptors (Lipinski definition) is 7. The molecule has 2 aromatic carbocycles. The molecule has 0 saturated heterocycles. The molecule has 0 unspecified atom stereocenters. The van der Waals surface area contributed by atoms with Gasteiger partial charge in [-0.1, -0.05) is 22.9 Å². The van der Waals surface area contributed by atoms with E-state index in [1.54, 1.807) is 49.2 Å². The topological polar surface area (TPSA) is 106 Å². The molecule has 2 aromatic rings. The van der Waals surface area contributed by atoms with Crippen LogP contribution in [0.4, 0.5) is 0 Å². The number of carbonyl (C=O) groups is 1. The van der Waals surface area contributed by atoms with Gasteiger partial charge in [-0.3, -0.25) is 4.79 Å². The maximum Gasteiger partial charge on any atom is 0.253 e. The number of likely N-dealkylation sites (N-methyl/N-ethyl adjacent to an activating group) is 1. The smallest absolute Gasteiger partial charge is 0.253 e. The number of rotatable bonds is 5. The van der Waals surface area contributed by atoms with E-state index in [2.05, 4.69) is 15.9 Å². The molecule has 2 aliphatic rings. The van der Waals surface area contributed by atoms with E-state index in [1.165, 1.54) is 10.4 Å². The second kappa shape index (κ2) is 9.73. The predicted octanol–water partition coefficient (Wildman–Crippen LogP) is 2.72. The van der Waals surface area contributed by atoms with E-state index in [0.717, 1.165) is 0 Å². The molecule has 1 amide bonds. The molecule has 0 fully saturated rings. The third kappa shape index (κ3) is 4.74. The minimum Gasteiger partial charge on any atom is -0.487 e. The SMILES string of the molecule is C[C@@H]1CN([C@H](C)CO)S(=O)(=O)c2ccc(Br)cc2O[C@H]1CN(C)C(=O)c1ccc2c(c1)OCO2. The van der Waals surface area contributed by atoms with Gasteiger partial charge in [-0.15, -0.1) is 0 Å². The van der Waals surface area contributed by atoms with Crippen LogP contribution in [0.2, 0.25) is 0 Å². The number of nitrogens with zero attached hydrogens (tertiary/aromatic N) is 2. The van der Waals surface area contributed by atoms with Gasteiger partial charge in [-0.2, -0.15) is 4.31 Å². The Morgan fingerprint density at radius 3 is 2.68 bits per heavy atom. The summed E-state index contributed by atoms with van der Waals surface area (Å²) < 4.78 is 45.6. The van der Waals surface area contributed by atoms with Gasteiger partial charge in [0.2, 0.25) is 16.8 Å². The first kappa shape index (κ1) is 24.8. The number of aliphatic hydroxyl groups excluding tert-OH is 1. The maximum atomic E-state index is 13.4. The fourth-order valence-electron chi connectivity index (χ4n) is 4.02. The average Bonchev–Trinajstić information content (AvgIpc) is 3.28. The molecule has 9 nitrogen and oxygen atoms in total. The second-order valence-corrected chi connectivity index (χ2v) is 11.4. The quantitative estimate of drug-likeness (QED) is 0.605. The normalized spacial score (nSPS) is 22.1. The fourth-order valence-corrected chi connectivity index (χ4v) is 6.19. The lowest BCUT2D eigenvalue weighted by molar-refractivity contribution is 0.0563. The van der Waals surface area contributed by atoms with Crippen LogP contribution >= 0.6 is 15.9 Å². The number of hydrogen-bond donors (Lipinski definition) is 1.